The Kier molecular flexibility index (Phi) is 11.3. The van der Waals surface area contributed by atoms with Crippen molar-refractivity contribution in [3.8, 4) is 0 Å². The van der Waals surface area contributed by atoms with Gasteiger partial charge in [0.25, 0.3) is 5.91 Å². The van der Waals surface area contributed by atoms with Gasteiger partial charge in [-0.15, -0.1) is 0 Å². The molecule has 4 unspecified atom stereocenters. The average molecular weight is 701 g/mol. The number of carbonyl (C=O) groups is 1. The maximum absolute atomic E-state index is 13.9. The minimum absolute atomic E-state index is 0.184. The summed E-state index contributed by atoms with van der Waals surface area (Å²) in [6, 6.07) is 6.13. The van der Waals surface area contributed by atoms with E-state index in [1.54, 1.807) is 13.2 Å². The van der Waals surface area contributed by atoms with E-state index in [2.05, 4.69) is 33.9 Å². The summed E-state index contributed by atoms with van der Waals surface area (Å²) in [4.78, 5) is 16.7. The molecule has 3 aliphatic carbocycles. The van der Waals surface area contributed by atoms with Gasteiger partial charge in [-0.25, -0.2) is 4.21 Å². The quantitative estimate of drug-likeness (QED) is 0.214. The Bertz CT molecular complexity index is 1560. The number of carbonyl (C=O) groups excluding carboxylic acids is 1. The number of amides is 1. The van der Waals surface area contributed by atoms with Crippen LogP contribution in [0.5, 0.6) is 0 Å². The standard InChI is InChI=1S/C38H53ClN2O6S/c1-25(2)36-26(3)7-5-8-30(22-46-18-17-45-4)32-13-10-29(32)21-41-23-38(16-6-9-27-19-31(39)12-14-33(27)38)24-47-35-15-11-28(20-34(35)41)37(42)40-48(36,43)44/h5,8,11-12,14-15,19-20,25-26,29-30,32,34-35H,6-7,9-10,13,16-18,21-24H2,1-4H3,(H2,40,42,43,44)/b8-5+/t26?,29-,30?,32+,34-,35?,38-/m0/s1. The third-order valence-corrected chi connectivity index (χ3v) is 13.6. The lowest BCUT2D eigenvalue weighted by Crippen LogP contribution is -2.52. The molecular formula is C38H53ClN2O6S. The summed E-state index contributed by atoms with van der Waals surface area (Å²) < 4.78 is 45.9. The van der Waals surface area contributed by atoms with Gasteiger partial charge in [0.05, 0.1) is 38.6 Å². The minimum Gasteiger partial charge on any atom is -0.382 e. The summed E-state index contributed by atoms with van der Waals surface area (Å²) >= 11 is 6.47. The number of hydrogen-bond acceptors (Lipinski definition) is 6. The molecule has 2 fully saturated rings. The Morgan fingerprint density at radius 1 is 1.23 bits per heavy atom. The molecule has 1 saturated carbocycles. The van der Waals surface area contributed by atoms with Crippen LogP contribution in [0.25, 0.3) is 0 Å². The van der Waals surface area contributed by atoms with Gasteiger partial charge in [0.15, 0.2) is 9.99 Å². The first kappa shape index (κ1) is 35.8. The lowest BCUT2D eigenvalue weighted by Gasteiger charge is -2.47. The van der Waals surface area contributed by atoms with Gasteiger partial charge in [0.1, 0.15) is 0 Å². The van der Waals surface area contributed by atoms with Crippen molar-refractivity contribution in [3.63, 3.8) is 0 Å². The number of halogens is 1. The maximum atomic E-state index is 13.9. The van der Waals surface area contributed by atoms with Crippen molar-refractivity contribution < 1.29 is 27.8 Å². The predicted molar refractivity (Wildman–Crippen MR) is 192 cm³/mol. The van der Waals surface area contributed by atoms with Gasteiger partial charge in [0.2, 0.25) is 0 Å². The first-order chi connectivity index (χ1) is 23.0. The first-order valence-electron chi connectivity index (χ1n) is 17.7. The lowest BCUT2D eigenvalue weighted by atomic mass is 9.66. The molecule has 1 amide bonds. The van der Waals surface area contributed by atoms with E-state index < -0.39 is 15.9 Å². The molecule has 264 valence electrons. The second kappa shape index (κ2) is 15.1. The van der Waals surface area contributed by atoms with E-state index in [-0.39, 0.29) is 35.3 Å². The van der Waals surface area contributed by atoms with Crippen molar-refractivity contribution in [1.82, 2.24) is 9.62 Å². The number of aryl methyl sites for hydroxylation is 1. The Morgan fingerprint density at radius 2 is 2.06 bits per heavy atom. The number of allylic oxidation sites excluding steroid dienone is 1. The van der Waals surface area contributed by atoms with E-state index in [9.17, 15) is 13.6 Å². The Morgan fingerprint density at radius 3 is 2.81 bits per heavy atom. The smallest absolute Gasteiger partial charge is 0.263 e. The Balaban J connectivity index is 1.41. The van der Waals surface area contributed by atoms with Crippen molar-refractivity contribution in [2.24, 2.45) is 29.6 Å². The monoisotopic (exact) mass is 700 g/mol. The fourth-order valence-electron chi connectivity index (χ4n) is 8.95. The van der Waals surface area contributed by atoms with Gasteiger partial charge in [-0.1, -0.05) is 68.8 Å². The van der Waals surface area contributed by atoms with Crippen molar-refractivity contribution >= 4 is 32.4 Å². The van der Waals surface area contributed by atoms with E-state index in [1.807, 2.05) is 39.0 Å². The van der Waals surface area contributed by atoms with E-state index >= 15 is 0 Å². The molecule has 1 spiro atoms. The second-order valence-electron chi connectivity index (χ2n) is 14.9. The molecule has 0 radical (unpaired) electrons. The normalized spacial score (nSPS) is 36.4. The summed E-state index contributed by atoms with van der Waals surface area (Å²) in [6.07, 6.45) is 15.9. The largest absolute Gasteiger partial charge is 0.382 e. The molecule has 1 aromatic rings. The molecule has 48 heavy (non-hydrogen) atoms. The highest BCUT2D eigenvalue weighted by atomic mass is 35.5. The van der Waals surface area contributed by atoms with Crippen molar-refractivity contribution in [1.29, 1.82) is 0 Å². The molecule has 2 aliphatic heterocycles. The van der Waals surface area contributed by atoms with Gasteiger partial charge in [0, 0.05) is 47.0 Å². The van der Waals surface area contributed by atoms with Crippen LogP contribution in [0.3, 0.4) is 0 Å². The van der Waals surface area contributed by atoms with Crippen molar-refractivity contribution in [2.45, 2.75) is 76.9 Å². The van der Waals surface area contributed by atoms with Crippen LogP contribution >= 0.6 is 11.6 Å². The fourth-order valence-corrected chi connectivity index (χ4v) is 10.9. The second-order valence-corrected chi connectivity index (χ2v) is 17.1. The molecule has 1 saturated heterocycles. The highest BCUT2D eigenvalue weighted by Gasteiger charge is 2.47. The molecular weight excluding hydrogens is 648 g/mol. The number of hydrogen-bond donors (Lipinski definition) is 2. The van der Waals surface area contributed by atoms with E-state index in [4.69, 9.17) is 25.8 Å². The molecule has 8 atom stereocenters. The number of rotatable bonds is 6. The molecule has 5 aliphatic rings. The van der Waals surface area contributed by atoms with E-state index in [0.29, 0.717) is 55.1 Å². The molecule has 0 aromatic heterocycles. The van der Waals surface area contributed by atoms with Gasteiger partial charge in [-0.2, -0.15) is 0 Å². The highest BCUT2D eigenvalue weighted by molar-refractivity contribution is 7.96. The molecule has 10 heteroatoms. The Labute approximate surface area is 292 Å². The number of nitrogens with zero attached hydrogens (tertiary/aromatic N) is 1. The van der Waals surface area contributed by atoms with Crippen LogP contribution < -0.4 is 4.72 Å². The van der Waals surface area contributed by atoms with Crippen LogP contribution in [0, 0.1) is 29.6 Å². The van der Waals surface area contributed by atoms with Crippen LogP contribution in [0.15, 0.2) is 54.2 Å². The van der Waals surface area contributed by atoms with E-state index in [1.165, 1.54) is 11.1 Å². The number of benzene rings is 1. The van der Waals surface area contributed by atoms with Gasteiger partial charge in [-0.05, 0) is 85.5 Å². The zero-order chi connectivity index (χ0) is 34.1. The molecule has 2 bridgehead atoms. The molecule has 8 nitrogen and oxygen atoms in total. The average Bonchev–Trinajstić information content (AvgIpc) is 3.17. The van der Waals surface area contributed by atoms with Crippen LogP contribution in [-0.2, 0) is 40.8 Å². The summed E-state index contributed by atoms with van der Waals surface area (Å²) in [5.74, 6) is 0.218. The third kappa shape index (κ3) is 7.53. The van der Waals surface area contributed by atoms with Gasteiger partial charge >= 0.3 is 0 Å². The summed E-state index contributed by atoms with van der Waals surface area (Å²) in [5, 5.41) is 0.761. The van der Waals surface area contributed by atoms with Crippen LogP contribution in [0.4, 0.5) is 0 Å². The summed E-state index contributed by atoms with van der Waals surface area (Å²) in [6.45, 7) is 9.78. The molecule has 2 N–H and O–H groups in total. The molecule has 6 rings (SSSR count). The topological polar surface area (TPSA) is 97.3 Å². The number of fused-ring (bicyclic) bond motifs is 3. The fraction of sp³-hybridized carbons (Fsp3) is 0.632. The van der Waals surface area contributed by atoms with Crippen molar-refractivity contribution in [3.05, 3.63) is 70.3 Å². The van der Waals surface area contributed by atoms with Gasteiger partial charge < -0.3 is 14.2 Å². The number of ether oxygens (including phenoxy) is 3. The van der Waals surface area contributed by atoms with Crippen molar-refractivity contribution in [2.75, 3.05) is 46.6 Å². The first-order valence-corrected chi connectivity index (χ1v) is 19.6. The highest BCUT2D eigenvalue weighted by Crippen LogP contribution is 2.46. The lowest BCUT2D eigenvalue weighted by molar-refractivity contribution is -0.115. The maximum Gasteiger partial charge on any atom is 0.263 e. The Hall–Kier alpha value is -1.98. The SMILES string of the molecule is COCCOCC1/C=C/CC(C)C(C(C)C)=S(=O)(O)NC(=O)C2=C[C@H]3C(C=C2)OC[C@]2(CCCc4cc(Cl)ccc42)CN3C[C@@H]2CC[C@@H]12. The zero-order valence-electron chi connectivity index (χ0n) is 28.9. The zero-order valence-corrected chi connectivity index (χ0v) is 30.4. The molecule has 1 aromatic carbocycles. The van der Waals surface area contributed by atoms with Crippen LogP contribution in [0.2, 0.25) is 5.02 Å². The summed E-state index contributed by atoms with van der Waals surface area (Å²) in [5.41, 5.74) is 2.82. The predicted octanol–water partition coefficient (Wildman–Crippen LogP) is 6.00. The number of methoxy groups -OCH3 is 1. The third-order valence-electron chi connectivity index (χ3n) is 11.3. The molecule has 2 heterocycles. The van der Waals surface area contributed by atoms with E-state index in [0.717, 1.165) is 50.2 Å². The minimum atomic E-state index is -3.79. The van der Waals surface area contributed by atoms with Gasteiger partial charge in [-0.3, -0.25) is 19.0 Å². The van der Waals surface area contributed by atoms with Crippen LogP contribution in [-0.4, -0.2) is 83.2 Å². The summed E-state index contributed by atoms with van der Waals surface area (Å²) in [7, 11) is -2.10. The van der Waals surface area contributed by atoms with Crippen LogP contribution in [0.1, 0.15) is 64.0 Å². The number of nitrogens with one attached hydrogen (secondary N) is 1.